The quantitative estimate of drug-likeness (QED) is 0.640. The fourth-order valence-electron chi connectivity index (χ4n) is 1.06. The van der Waals surface area contributed by atoms with Crippen LogP contribution in [0.15, 0.2) is 10.9 Å². The highest BCUT2D eigenvalue weighted by Crippen LogP contribution is 2.00. The van der Waals surface area contributed by atoms with Crippen molar-refractivity contribution in [2.45, 2.75) is 13.3 Å². The Hall–Kier alpha value is -0.450. The van der Waals surface area contributed by atoms with Crippen molar-refractivity contribution in [1.29, 1.82) is 0 Å². The molecule has 0 aliphatic carbocycles. The third kappa shape index (κ3) is 4.98. The van der Waals surface area contributed by atoms with E-state index >= 15 is 0 Å². The largest absolute Gasteiger partial charge is 0.316 e. The minimum atomic E-state index is 1.02. The van der Waals surface area contributed by atoms with Gasteiger partial charge in [0.2, 0.25) is 0 Å². The molecule has 74 valence electrons. The summed E-state index contributed by atoms with van der Waals surface area (Å²) in [5.41, 5.74) is 3.08. The van der Waals surface area contributed by atoms with Crippen molar-refractivity contribution in [3.05, 3.63) is 16.6 Å². The maximum absolute atomic E-state index is 4.21. The molecule has 0 aromatic carbocycles. The van der Waals surface area contributed by atoms with Crippen molar-refractivity contribution < 1.29 is 0 Å². The van der Waals surface area contributed by atoms with E-state index in [4.69, 9.17) is 0 Å². The fraction of sp³-hybridized carbons (Fsp3) is 0.667. The molecule has 0 unspecified atom stereocenters. The lowest BCUT2D eigenvalue weighted by Gasteiger charge is -2.03. The molecule has 4 heteroatoms. The van der Waals surface area contributed by atoms with Gasteiger partial charge in [-0.15, -0.1) is 11.3 Å². The van der Waals surface area contributed by atoms with Crippen LogP contribution in [0.25, 0.3) is 0 Å². The van der Waals surface area contributed by atoms with Crippen LogP contribution in [0.2, 0.25) is 0 Å². The average molecular weight is 199 g/mol. The van der Waals surface area contributed by atoms with Gasteiger partial charge >= 0.3 is 0 Å². The van der Waals surface area contributed by atoms with Gasteiger partial charge in [0.1, 0.15) is 0 Å². The van der Waals surface area contributed by atoms with Crippen LogP contribution < -0.4 is 10.6 Å². The van der Waals surface area contributed by atoms with Crippen LogP contribution in [0.1, 0.15) is 12.6 Å². The first-order valence-electron chi connectivity index (χ1n) is 4.72. The van der Waals surface area contributed by atoms with Gasteiger partial charge in [0.15, 0.2) is 0 Å². The van der Waals surface area contributed by atoms with Crippen molar-refractivity contribution in [3.8, 4) is 0 Å². The Kier molecular flexibility index (Phi) is 5.73. The van der Waals surface area contributed by atoms with E-state index in [1.807, 2.05) is 5.51 Å². The summed E-state index contributed by atoms with van der Waals surface area (Å²) in [6.07, 6.45) is 1.04. The topological polar surface area (TPSA) is 37.0 Å². The molecule has 0 spiro atoms. The molecule has 0 fully saturated rings. The number of thiazole rings is 1. The van der Waals surface area contributed by atoms with E-state index in [-0.39, 0.29) is 0 Å². The van der Waals surface area contributed by atoms with Crippen LogP contribution in [-0.2, 0) is 6.42 Å². The van der Waals surface area contributed by atoms with Crippen molar-refractivity contribution >= 4 is 11.3 Å². The lowest BCUT2D eigenvalue weighted by molar-refractivity contribution is 0.622. The first-order valence-corrected chi connectivity index (χ1v) is 5.66. The Bertz CT molecular complexity index is 199. The maximum atomic E-state index is 4.21. The molecule has 0 aliphatic heterocycles. The summed E-state index contributed by atoms with van der Waals surface area (Å²) in [6.45, 7) is 6.28. The van der Waals surface area contributed by atoms with E-state index in [1.165, 1.54) is 5.69 Å². The van der Waals surface area contributed by atoms with Gasteiger partial charge in [-0.3, -0.25) is 0 Å². The Morgan fingerprint density at radius 1 is 1.31 bits per heavy atom. The molecule has 1 aromatic heterocycles. The van der Waals surface area contributed by atoms with Crippen LogP contribution in [0.4, 0.5) is 0 Å². The first kappa shape index (κ1) is 10.6. The molecule has 0 radical (unpaired) electrons. The second-order valence-corrected chi connectivity index (χ2v) is 3.55. The molecular weight excluding hydrogens is 182 g/mol. The number of likely N-dealkylation sites (N-methyl/N-ethyl adjacent to an activating group) is 1. The SMILES string of the molecule is CCNCCNCCc1cscn1. The third-order valence-corrected chi connectivity index (χ3v) is 2.41. The molecule has 1 rings (SSSR count). The highest BCUT2D eigenvalue weighted by atomic mass is 32.1. The number of rotatable bonds is 7. The summed E-state index contributed by atoms with van der Waals surface area (Å²) in [6, 6.07) is 0. The van der Waals surface area contributed by atoms with E-state index < -0.39 is 0 Å². The van der Waals surface area contributed by atoms with Gasteiger partial charge in [-0.05, 0) is 6.54 Å². The van der Waals surface area contributed by atoms with Crippen molar-refractivity contribution in [2.75, 3.05) is 26.2 Å². The summed E-state index contributed by atoms with van der Waals surface area (Å²) < 4.78 is 0. The smallest absolute Gasteiger partial charge is 0.0794 e. The van der Waals surface area contributed by atoms with Gasteiger partial charge in [0.05, 0.1) is 11.2 Å². The molecule has 0 bridgehead atoms. The lowest BCUT2D eigenvalue weighted by atomic mass is 10.3. The van der Waals surface area contributed by atoms with Gasteiger partial charge in [0, 0.05) is 31.4 Å². The number of hydrogen-bond acceptors (Lipinski definition) is 4. The van der Waals surface area contributed by atoms with Crippen LogP contribution in [0.3, 0.4) is 0 Å². The highest BCUT2D eigenvalue weighted by Gasteiger charge is 1.93. The zero-order valence-corrected chi connectivity index (χ0v) is 8.86. The molecule has 3 nitrogen and oxygen atoms in total. The van der Waals surface area contributed by atoms with E-state index in [0.717, 1.165) is 32.6 Å². The number of nitrogens with one attached hydrogen (secondary N) is 2. The Labute approximate surface area is 83.6 Å². The van der Waals surface area contributed by atoms with Gasteiger partial charge in [0.25, 0.3) is 0 Å². The molecule has 1 heterocycles. The molecule has 1 aromatic rings. The molecule has 0 aliphatic rings. The molecular formula is C9H17N3S. The first-order chi connectivity index (χ1) is 6.43. The zero-order chi connectivity index (χ0) is 9.36. The van der Waals surface area contributed by atoms with Gasteiger partial charge in [-0.1, -0.05) is 6.92 Å². The second-order valence-electron chi connectivity index (χ2n) is 2.83. The van der Waals surface area contributed by atoms with Crippen LogP contribution >= 0.6 is 11.3 Å². The average Bonchev–Trinajstić information content (AvgIpc) is 2.63. The summed E-state index contributed by atoms with van der Waals surface area (Å²) in [5, 5.41) is 8.73. The number of aromatic nitrogens is 1. The second kappa shape index (κ2) is 7.00. The molecule has 0 atom stereocenters. The van der Waals surface area contributed by atoms with Gasteiger partial charge < -0.3 is 10.6 Å². The summed E-state index contributed by atoms with van der Waals surface area (Å²) in [5.74, 6) is 0. The Morgan fingerprint density at radius 2 is 2.15 bits per heavy atom. The van der Waals surface area contributed by atoms with Gasteiger partial charge in [-0.2, -0.15) is 0 Å². The Morgan fingerprint density at radius 3 is 2.85 bits per heavy atom. The maximum Gasteiger partial charge on any atom is 0.0794 e. The van der Waals surface area contributed by atoms with Crippen molar-refractivity contribution in [1.82, 2.24) is 15.6 Å². The predicted molar refractivity (Wildman–Crippen MR) is 57.2 cm³/mol. The van der Waals surface area contributed by atoms with Gasteiger partial charge in [-0.25, -0.2) is 4.98 Å². The van der Waals surface area contributed by atoms with Crippen LogP contribution in [0.5, 0.6) is 0 Å². The minimum absolute atomic E-state index is 1.02. The summed E-state index contributed by atoms with van der Waals surface area (Å²) in [4.78, 5) is 4.21. The van der Waals surface area contributed by atoms with Crippen molar-refractivity contribution in [3.63, 3.8) is 0 Å². The standard InChI is InChI=1S/C9H17N3S/c1-2-10-5-6-11-4-3-9-7-13-8-12-9/h7-8,10-11H,2-6H2,1H3. The number of nitrogens with zero attached hydrogens (tertiary/aromatic N) is 1. The number of hydrogen-bond donors (Lipinski definition) is 2. The van der Waals surface area contributed by atoms with E-state index in [2.05, 4.69) is 27.9 Å². The van der Waals surface area contributed by atoms with Crippen molar-refractivity contribution in [2.24, 2.45) is 0 Å². The lowest BCUT2D eigenvalue weighted by Crippen LogP contribution is -2.28. The van der Waals surface area contributed by atoms with E-state index in [9.17, 15) is 0 Å². The predicted octanol–water partition coefficient (Wildman–Crippen LogP) is 0.885. The minimum Gasteiger partial charge on any atom is -0.316 e. The van der Waals surface area contributed by atoms with E-state index in [1.54, 1.807) is 11.3 Å². The van der Waals surface area contributed by atoms with E-state index in [0.29, 0.717) is 0 Å². The summed E-state index contributed by atoms with van der Waals surface area (Å²) in [7, 11) is 0. The molecule has 0 saturated heterocycles. The molecule has 13 heavy (non-hydrogen) atoms. The third-order valence-electron chi connectivity index (χ3n) is 1.77. The normalized spacial score (nSPS) is 10.5. The molecule has 0 saturated carbocycles. The molecule has 2 N–H and O–H groups in total. The fourth-order valence-corrected chi connectivity index (χ4v) is 1.65. The summed E-state index contributed by atoms with van der Waals surface area (Å²) >= 11 is 1.66. The zero-order valence-electron chi connectivity index (χ0n) is 8.05. The monoisotopic (exact) mass is 199 g/mol. The van der Waals surface area contributed by atoms with Crippen LogP contribution in [-0.4, -0.2) is 31.2 Å². The highest BCUT2D eigenvalue weighted by molar-refractivity contribution is 7.07. The molecule has 0 amide bonds. The van der Waals surface area contributed by atoms with Crippen LogP contribution in [0, 0.1) is 0 Å². The Balaban J connectivity index is 1.90.